The molecule has 0 fully saturated rings. The van der Waals surface area contributed by atoms with Crippen LogP contribution in [0.3, 0.4) is 0 Å². The molecule has 0 bridgehead atoms. The number of fused-ring (bicyclic) bond motifs is 2. The minimum Gasteiger partial charge on any atom is -0.496 e. The van der Waals surface area contributed by atoms with E-state index in [0.29, 0.717) is 21.9 Å². The van der Waals surface area contributed by atoms with Gasteiger partial charge in [0.25, 0.3) is 5.91 Å². The van der Waals surface area contributed by atoms with Crippen molar-refractivity contribution < 1.29 is 31.5 Å². The number of nitrogens with zero attached hydrogens (tertiary/aromatic N) is 4. The van der Waals surface area contributed by atoms with Gasteiger partial charge in [-0.2, -0.15) is 13.2 Å². The van der Waals surface area contributed by atoms with Gasteiger partial charge >= 0.3 is 6.18 Å². The van der Waals surface area contributed by atoms with Crippen molar-refractivity contribution in [3.05, 3.63) is 95.3 Å². The molecule has 6 rings (SSSR count). The van der Waals surface area contributed by atoms with E-state index >= 15 is 0 Å². The van der Waals surface area contributed by atoms with E-state index in [2.05, 4.69) is 16.4 Å². The molecule has 1 aliphatic carbocycles. The highest BCUT2D eigenvalue weighted by molar-refractivity contribution is 6.22. The number of furan rings is 1. The number of rotatable bonds is 5. The Morgan fingerprint density at radius 2 is 2.02 bits per heavy atom. The zero-order chi connectivity index (χ0) is 28.0. The van der Waals surface area contributed by atoms with Crippen LogP contribution in [0.1, 0.15) is 28.4 Å². The van der Waals surface area contributed by atoms with Gasteiger partial charge in [-0.1, -0.05) is 29.5 Å². The van der Waals surface area contributed by atoms with E-state index in [1.54, 1.807) is 19.4 Å². The lowest BCUT2D eigenvalue weighted by atomic mass is 9.87. The molecule has 1 aliphatic heterocycles. The predicted molar refractivity (Wildman–Crippen MR) is 139 cm³/mol. The molecule has 3 heterocycles. The number of alkyl halides is 3. The monoisotopic (exact) mass is 550 g/mol. The van der Waals surface area contributed by atoms with Crippen LogP contribution >= 0.6 is 0 Å². The van der Waals surface area contributed by atoms with Gasteiger partial charge in [0, 0.05) is 22.6 Å². The molecule has 1 atom stereocenters. The van der Waals surface area contributed by atoms with E-state index in [1.165, 1.54) is 24.4 Å². The fourth-order valence-corrected chi connectivity index (χ4v) is 5.14. The lowest BCUT2D eigenvalue weighted by Crippen LogP contribution is -2.40. The Bertz CT molecular complexity index is 1670. The van der Waals surface area contributed by atoms with E-state index in [4.69, 9.17) is 9.15 Å². The van der Waals surface area contributed by atoms with Crippen molar-refractivity contribution in [2.45, 2.75) is 24.9 Å². The van der Waals surface area contributed by atoms with Crippen LogP contribution < -0.4 is 9.64 Å². The van der Waals surface area contributed by atoms with Crippen molar-refractivity contribution >= 4 is 23.4 Å². The number of carbonyl (C=O) groups is 1. The second-order valence-corrected chi connectivity index (χ2v) is 9.52. The predicted octanol–water partition coefficient (Wildman–Crippen LogP) is 6.03. The minimum absolute atomic E-state index is 0.00457. The summed E-state index contributed by atoms with van der Waals surface area (Å²) < 4.78 is 67.1. The molecule has 1 unspecified atom stereocenters. The second-order valence-electron chi connectivity index (χ2n) is 9.52. The number of allylic oxidation sites excluding steroid dienone is 2. The maximum atomic E-state index is 14.5. The summed E-state index contributed by atoms with van der Waals surface area (Å²) in [7, 11) is 1.57. The Morgan fingerprint density at radius 3 is 2.83 bits per heavy atom. The summed E-state index contributed by atoms with van der Waals surface area (Å²) in [5, 5.41) is 8.18. The van der Waals surface area contributed by atoms with Crippen LogP contribution in [-0.4, -0.2) is 40.7 Å². The SMILES string of the molecule is COc1cc(-c2cn(C3=CCc4c(F)cccc4N(CC(F)(F)F)C3=O)nn2)ccc1C1C=Cc2occc2C1. The Kier molecular flexibility index (Phi) is 6.28. The number of amides is 1. The molecule has 0 N–H and O–H groups in total. The Morgan fingerprint density at radius 1 is 1.18 bits per heavy atom. The van der Waals surface area contributed by atoms with E-state index in [0.717, 1.165) is 34.1 Å². The fraction of sp³-hybridized carbons (Fsp3) is 0.207. The Balaban J connectivity index is 1.31. The number of aromatic nitrogens is 3. The summed E-state index contributed by atoms with van der Waals surface area (Å²) >= 11 is 0. The standard InChI is InChI=1S/C29H22F4N4O3/c1-39-27-14-18(5-7-20(27)17-6-10-26-19(13-17)11-12-40-26)23-15-37(35-34-23)25-9-8-21-22(30)3-2-4-24(21)36(28(25)38)16-29(31,32)33/h2-7,9-12,14-15,17H,8,13,16H2,1H3. The molecule has 204 valence electrons. The Hall–Kier alpha value is -4.67. The van der Waals surface area contributed by atoms with Crippen LogP contribution in [0.5, 0.6) is 5.75 Å². The summed E-state index contributed by atoms with van der Waals surface area (Å²) in [4.78, 5) is 13.9. The highest BCUT2D eigenvalue weighted by atomic mass is 19.4. The van der Waals surface area contributed by atoms with Crippen LogP contribution in [0, 0.1) is 5.82 Å². The lowest BCUT2D eigenvalue weighted by molar-refractivity contribution is -0.129. The van der Waals surface area contributed by atoms with Gasteiger partial charge in [-0.25, -0.2) is 9.07 Å². The first-order valence-electron chi connectivity index (χ1n) is 12.4. The van der Waals surface area contributed by atoms with Crippen LogP contribution in [0.2, 0.25) is 0 Å². The second kappa shape index (κ2) is 9.82. The number of hydrogen-bond acceptors (Lipinski definition) is 5. The van der Waals surface area contributed by atoms with Crippen LogP contribution in [0.25, 0.3) is 23.0 Å². The summed E-state index contributed by atoms with van der Waals surface area (Å²) in [6, 6.07) is 11.2. The number of carbonyl (C=O) groups excluding carboxylic acids is 1. The highest BCUT2D eigenvalue weighted by Gasteiger charge is 2.38. The number of ether oxygens (including phenoxy) is 1. The molecule has 0 saturated heterocycles. The summed E-state index contributed by atoms with van der Waals surface area (Å²) in [6.45, 7) is -1.57. The average molecular weight is 551 g/mol. The van der Waals surface area contributed by atoms with Crippen molar-refractivity contribution in [3.8, 4) is 17.0 Å². The first-order chi connectivity index (χ1) is 19.2. The third kappa shape index (κ3) is 4.67. The van der Waals surface area contributed by atoms with Gasteiger partial charge in [-0.05, 0) is 54.8 Å². The highest BCUT2D eigenvalue weighted by Crippen LogP contribution is 2.38. The molecule has 7 nitrogen and oxygen atoms in total. The number of hydrogen-bond donors (Lipinski definition) is 0. The molecule has 2 aromatic carbocycles. The molecule has 1 amide bonds. The number of anilines is 1. The largest absolute Gasteiger partial charge is 0.496 e. The summed E-state index contributed by atoms with van der Waals surface area (Å²) in [6.07, 6.45) is 4.42. The van der Waals surface area contributed by atoms with Crippen molar-refractivity contribution in [3.63, 3.8) is 0 Å². The van der Waals surface area contributed by atoms with Crippen molar-refractivity contribution in [2.24, 2.45) is 0 Å². The molecule has 40 heavy (non-hydrogen) atoms. The molecule has 0 radical (unpaired) electrons. The maximum absolute atomic E-state index is 14.5. The molecule has 2 aromatic heterocycles. The summed E-state index contributed by atoms with van der Waals surface area (Å²) in [5.41, 5.74) is 2.79. The molecule has 0 saturated carbocycles. The van der Waals surface area contributed by atoms with Gasteiger partial charge in [0.1, 0.15) is 35.3 Å². The zero-order valence-corrected chi connectivity index (χ0v) is 21.2. The van der Waals surface area contributed by atoms with Crippen LogP contribution in [0.15, 0.2) is 71.5 Å². The van der Waals surface area contributed by atoms with Crippen LogP contribution in [-0.2, 0) is 17.6 Å². The topological polar surface area (TPSA) is 73.4 Å². The first kappa shape index (κ1) is 25.6. The molecule has 2 aliphatic rings. The van der Waals surface area contributed by atoms with E-state index in [9.17, 15) is 22.4 Å². The summed E-state index contributed by atoms with van der Waals surface area (Å²) in [5.74, 6) is -0.127. The van der Waals surface area contributed by atoms with Crippen molar-refractivity contribution in [2.75, 3.05) is 18.6 Å². The minimum atomic E-state index is -4.70. The lowest BCUT2D eigenvalue weighted by Gasteiger charge is -2.25. The van der Waals surface area contributed by atoms with E-state index in [1.807, 2.05) is 24.3 Å². The molecule has 4 aromatic rings. The first-order valence-corrected chi connectivity index (χ1v) is 12.4. The molecular weight excluding hydrogens is 528 g/mol. The average Bonchev–Trinajstić information content (AvgIpc) is 3.59. The van der Waals surface area contributed by atoms with Crippen molar-refractivity contribution in [1.29, 1.82) is 0 Å². The van der Waals surface area contributed by atoms with Gasteiger partial charge in [0.05, 0.1) is 25.3 Å². The number of methoxy groups -OCH3 is 1. The third-order valence-corrected chi connectivity index (χ3v) is 7.06. The number of halogens is 4. The quantitative estimate of drug-likeness (QED) is 0.284. The van der Waals surface area contributed by atoms with Gasteiger partial charge in [-0.3, -0.25) is 9.69 Å². The molecule has 11 heteroatoms. The molecule has 0 spiro atoms. The smallest absolute Gasteiger partial charge is 0.406 e. The van der Waals surface area contributed by atoms with Crippen molar-refractivity contribution in [1.82, 2.24) is 15.0 Å². The van der Waals surface area contributed by atoms with Gasteiger partial charge < -0.3 is 9.15 Å². The van der Waals surface area contributed by atoms with Gasteiger partial charge in [-0.15, -0.1) is 5.10 Å². The molecular formula is C29H22F4N4O3. The van der Waals surface area contributed by atoms with Gasteiger partial charge in [0.15, 0.2) is 0 Å². The van der Waals surface area contributed by atoms with Crippen LogP contribution in [0.4, 0.5) is 23.2 Å². The Labute approximate surface area is 226 Å². The fourth-order valence-electron chi connectivity index (χ4n) is 5.14. The van der Waals surface area contributed by atoms with Gasteiger partial charge in [0.2, 0.25) is 0 Å². The number of benzene rings is 2. The maximum Gasteiger partial charge on any atom is 0.406 e. The van der Waals surface area contributed by atoms with E-state index in [-0.39, 0.29) is 29.3 Å². The zero-order valence-electron chi connectivity index (χ0n) is 21.2. The third-order valence-electron chi connectivity index (χ3n) is 7.06. The van der Waals surface area contributed by atoms with E-state index < -0.39 is 24.4 Å². The normalized spacial score (nSPS) is 16.8.